The topological polar surface area (TPSA) is 9.23 Å². The molecule has 0 bridgehead atoms. The molecule has 56 valence electrons. The van der Waals surface area contributed by atoms with Crippen LogP contribution in [-0.4, -0.2) is 25.8 Å². The lowest BCUT2D eigenvalue weighted by Crippen LogP contribution is -2.23. The van der Waals surface area contributed by atoms with Crippen molar-refractivity contribution in [2.45, 2.75) is 19.2 Å². The second-order valence-corrected chi connectivity index (χ2v) is 5.78. The molecule has 0 aliphatic rings. The number of rotatable bonds is 4. The Balaban J connectivity index is 3.31. The number of alkyl halides is 2. The largest absolute Gasteiger partial charge is 0.416 e. The van der Waals surface area contributed by atoms with E-state index in [-0.39, 0.29) is 0 Å². The summed E-state index contributed by atoms with van der Waals surface area (Å²) in [7, 11) is -0.824. The number of halogens is 2. The monoisotopic (exact) mass is 274 g/mol. The fraction of sp³-hybridized carbons (Fsp3) is 1.00. The van der Waals surface area contributed by atoms with Crippen molar-refractivity contribution in [3.63, 3.8) is 0 Å². The summed E-state index contributed by atoms with van der Waals surface area (Å²) in [4.78, 5) is 0. The Kier molecular flexibility index (Phi) is 6.63. The Bertz CT molecular complexity index is 66.0. The van der Waals surface area contributed by atoms with Crippen LogP contribution in [0.25, 0.3) is 0 Å². The van der Waals surface area contributed by atoms with Crippen LogP contribution in [0.4, 0.5) is 0 Å². The van der Waals surface area contributed by atoms with Gasteiger partial charge in [-0.1, -0.05) is 31.9 Å². The van der Waals surface area contributed by atoms with Crippen LogP contribution >= 0.6 is 31.9 Å². The summed E-state index contributed by atoms with van der Waals surface area (Å²) in [5.74, 6) is 0. The quantitative estimate of drug-likeness (QED) is 0.564. The Morgan fingerprint density at radius 1 is 1.33 bits per heavy atom. The fourth-order valence-corrected chi connectivity index (χ4v) is 3.40. The zero-order chi connectivity index (χ0) is 7.28. The second kappa shape index (κ2) is 5.89. The van der Waals surface area contributed by atoms with Crippen molar-refractivity contribution in [2.24, 2.45) is 0 Å². The highest BCUT2D eigenvalue weighted by molar-refractivity contribution is 9.09. The van der Waals surface area contributed by atoms with Gasteiger partial charge in [0, 0.05) is 10.7 Å². The van der Waals surface area contributed by atoms with Gasteiger partial charge >= 0.3 is 0 Å². The molecular weight excluding hydrogens is 264 g/mol. The van der Waals surface area contributed by atoms with E-state index < -0.39 is 9.04 Å². The van der Waals surface area contributed by atoms with E-state index in [0.29, 0.717) is 6.10 Å². The third-order valence-electron chi connectivity index (χ3n) is 0.809. The summed E-state index contributed by atoms with van der Waals surface area (Å²) in [6, 6.07) is 0. The van der Waals surface area contributed by atoms with Crippen LogP contribution in [0.1, 0.15) is 0 Å². The van der Waals surface area contributed by atoms with Crippen LogP contribution in [0.15, 0.2) is 0 Å². The maximum absolute atomic E-state index is 5.59. The van der Waals surface area contributed by atoms with Gasteiger partial charge in [0.1, 0.15) is 0 Å². The van der Waals surface area contributed by atoms with E-state index in [1.807, 2.05) is 0 Å². The van der Waals surface area contributed by atoms with Crippen LogP contribution in [0.5, 0.6) is 0 Å². The van der Waals surface area contributed by atoms with E-state index in [4.69, 9.17) is 4.43 Å². The van der Waals surface area contributed by atoms with Crippen molar-refractivity contribution in [1.82, 2.24) is 0 Å². The highest BCUT2D eigenvalue weighted by Crippen LogP contribution is 2.02. The molecule has 0 aromatic heterocycles. The zero-order valence-corrected chi connectivity index (χ0v) is 10.1. The third kappa shape index (κ3) is 5.57. The molecule has 0 rings (SSSR count). The first-order valence-electron chi connectivity index (χ1n) is 2.98. The minimum Gasteiger partial charge on any atom is -0.416 e. The van der Waals surface area contributed by atoms with Crippen molar-refractivity contribution in [3.05, 3.63) is 0 Å². The molecule has 0 aromatic carbocycles. The lowest BCUT2D eigenvalue weighted by atomic mass is 10.5. The second-order valence-electron chi connectivity index (χ2n) is 2.12. The van der Waals surface area contributed by atoms with Crippen LogP contribution < -0.4 is 0 Å². The van der Waals surface area contributed by atoms with Gasteiger partial charge in [0.2, 0.25) is 0 Å². The molecule has 0 radical (unpaired) electrons. The van der Waals surface area contributed by atoms with Crippen molar-refractivity contribution < 1.29 is 4.43 Å². The zero-order valence-electron chi connectivity index (χ0n) is 5.73. The van der Waals surface area contributed by atoms with Gasteiger partial charge in [-0.3, -0.25) is 0 Å². The Morgan fingerprint density at radius 3 is 1.89 bits per heavy atom. The molecule has 0 N–H and O–H groups in total. The number of hydrogen-bond donors (Lipinski definition) is 0. The molecule has 0 spiro atoms. The number of hydrogen-bond acceptors (Lipinski definition) is 1. The Hall–Kier alpha value is 1.14. The maximum atomic E-state index is 5.59. The molecule has 0 saturated heterocycles. The Morgan fingerprint density at radius 2 is 1.78 bits per heavy atom. The molecule has 0 fully saturated rings. The first-order valence-corrected chi connectivity index (χ1v) is 8.00. The standard InChI is InChI=1S/C5H12Br2OSi/c1-9(2)8-5(3-6)4-7/h5,9H,3-4H2,1-2H3. The van der Waals surface area contributed by atoms with Gasteiger partial charge in [-0.25, -0.2) is 0 Å². The third-order valence-corrected chi connectivity index (χ3v) is 3.18. The lowest BCUT2D eigenvalue weighted by molar-refractivity contribution is 0.259. The van der Waals surface area contributed by atoms with E-state index in [9.17, 15) is 0 Å². The van der Waals surface area contributed by atoms with Crippen LogP contribution in [0, 0.1) is 0 Å². The van der Waals surface area contributed by atoms with Crippen LogP contribution in [0.2, 0.25) is 13.1 Å². The molecule has 0 aromatic rings. The van der Waals surface area contributed by atoms with E-state index in [0.717, 1.165) is 10.7 Å². The SMILES string of the molecule is C[SiH](C)OC(CBr)CBr. The predicted molar refractivity (Wildman–Crippen MR) is 51.3 cm³/mol. The first kappa shape index (κ1) is 10.1. The molecule has 0 aliphatic carbocycles. The van der Waals surface area contributed by atoms with E-state index in [1.165, 1.54) is 0 Å². The fourth-order valence-electron chi connectivity index (χ4n) is 0.499. The van der Waals surface area contributed by atoms with E-state index in [1.54, 1.807) is 0 Å². The van der Waals surface area contributed by atoms with Gasteiger partial charge in [0.05, 0.1) is 6.10 Å². The molecule has 0 saturated carbocycles. The van der Waals surface area contributed by atoms with Gasteiger partial charge in [0.15, 0.2) is 9.04 Å². The van der Waals surface area contributed by atoms with Crippen LogP contribution in [-0.2, 0) is 4.43 Å². The minimum absolute atomic E-state index is 0.372. The normalized spacial score (nSPS) is 11.3. The highest BCUT2D eigenvalue weighted by atomic mass is 79.9. The molecule has 0 atom stereocenters. The predicted octanol–water partition coefficient (Wildman–Crippen LogP) is 2.14. The Labute approximate surface area is 75.1 Å². The molecule has 0 unspecified atom stereocenters. The van der Waals surface area contributed by atoms with Gasteiger partial charge in [-0.15, -0.1) is 0 Å². The molecular formula is C5H12Br2OSi. The molecule has 0 aliphatic heterocycles. The minimum atomic E-state index is -0.824. The molecule has 9 heavy (non-hydrogen) atoms. The van der Waals surface area contributed by atoms with Gasteiger partial charge < -0.3 is 4.43 Å². The molecule has 4 heteroatoms. The van der Waals surface area contributed by atoms with Gasteiger partial charge in [0.25, 0.3) is 0 Å². The van der Waals surface area contributed by atoms with E-state index >= 15 is 0 Å². The summed E-state index contributed by atoms with van der Waals surface area (Å²) < 4.78 is 5.59. The van der Waals surface area contributed by atoms with Crippen molar-refractivity contribution in [3.8, 4) is 0 Å². The molecule has 1 nitrogen and oxygen atoms in total. The van der Waals surface area contributed by atoms with E-state index in [2.05, 4.69) is 45.0 Å². The summed E-state index contributed by atoms with van der Waals surface area (Å²) in [5.41, 5.74) is 0. The van der Waals surface area contributed by atoms with Crippen molar-refractivity contribution in [2.75, 3.05) is 10.7 Å². The summed E-state index contributed by atoms with van der Waals surface area (Å²) in [6.45, 7) is 4.36. The van der Waals surface area contributed by atoms with Crippen molar-refractivity contribution in [1.29, 1.82) is 0 Å². The summed E-state index contributed by atoms with van der Waals surface area (Å²) in [6.07, 6.45) is 0.372. The average molecular weight is 276 g/mol. The lowest BCUT2D eigenvalue weighted by Gasteiger charge is -2.14. The van der Waals surface area contributed by atoms with Crippen LogP contribution in [0.3, 0.4) is 0 Å². The molecule has 0 amide bonds. The van der Waals surface area contributed by atoms with Gasteiger partial charge in [-0.05, 0) is 13.1 Å². The maximum Gasteiger partial charge on any atom is 0.171 e. The average Bonchev–Trinajstić information content (AvgIpc) is 1.82. The molecule has 0 heterocycles. The first-order chi connectivity index (χ1) is 4.20. The highest BCUT2D eigenvalue weighted by Gasteiger charge is 2.06. The summed E-state index contributed by atoms with van der Waals surface area (Å²) >= 11 is 6.74. The summed E-state index contributed by atoms with van der Waals surface area (Å²) in [5, 5.41) is 1.87. The van der Waals surface area contributed by atoms with Crippen molar-refractivity contribution >= 4 is 40.9 Å². The van der Waals surface area contributed by atoms with Gasteiger partial charge in [-0.2, -0.15) is 0 Å². The smallest absolute Gasteiger partial charge is 0.171 e.